The molecule has 0 spiro atoms. The molecule has 1 aromatic carbocycles. The van der Waals surface area contributed by atoms with Crippen LogP contribution in [-0.2, 0) is 32.3 Å². The molecule has 30 heavy (non-hydrogen) atoms. The molecule has 0 heterocycles. The number of phenols is 1. The van der Waals surface area contributed by atoms with Crippen LogP contribution in [0.15, 0.2) is 12.1 Å². The van der Waals surface area contributed by atoms with Crippen LogP contribution >= 0.6 is 0 Å². The second kappa shape index (κ2) is 15.4. The average molecular weight is 675 g/mol. The van der Waals surface area contributed by atoms with Gasteiger partial charge in [0, 0.05) is 134 Å². The summed E-state index contributed by atoms with van der Waals surface area (Å²) in [6.45, 7) is -1.81. The molecule has 0 unspecified atom stereocenters. The molecule has 1 N–H and O–H groups in total. The van der Waals surface area contributed by atoms with E-state index in [9.17, 15) is 44.7 Å². The summed E-state index contributed by atoms with van der Waals surface area (Å²) in [5, 5.41) is 53.6. The Hall–Kier alpha value is -0.427. The van der Waals surface area contributed by atoms with Gasteiger partial charge in [-0.1, -0.05) is 17.7 Å². The summed E-state index contributed by atoms with van der Waals surface area (Å²) in [4.78, 5) is 45.1. The summed E-state index contributed by atoms with van der Waals surface area (Å²) in [6.07, 6.45) is 0. The van der Waals surface area contributed by atoms with Gasteiger partial charge in [0.15, 0.2) is 0 Å². The number of carboxylic acids is 4. The van der Waals surface area contributed by atoms with E-state index in [4.69, 9.17) is 0 Å². The largest absolute Gasteiger partial charge is 0.549 e. The Bertz CT molecular complexity index is 683. The molecule has 0 fully saturated rings. The molecular weight excluding hydrogens is 656 g/mol. The molecule has 11 nitrogen and oxygen atoms in total. The van der Waals surface area contributed by atoms with Gasteiger partial charge in [-0.15, -0.1) is 0 Å². The number of hydrogen-bond acceptors (Lipinski definition) is 11. The summed E-state index contributed by atoms with van der Waals surface area (Å²) < 4.78 is 0. The Morgan fingerprint density at radius 2 is 1.00 bits per heavy atom. The third-order valence-electron chi connectivity index (χ3n) is 3.61. The Kier molecular flexibility index (Phi) is 16.3. The molecule has 162 valence electrons. The quantitative estimate of drug-likeness (QED) is 0.223. The Morgan fingerprint density at radius 3 is 1.23 bits per heavy atom. The van der Waals surface area contributed by atoms with Gasteiger partial charge in [-0.2, -0.15) is 0 Å². The van der Waals surface area contributed by atoms with Crippen LogP contribution in [0.3, 0.4) is 0 Å². The first kappa shape index (κ1) is 31.8. The minimum Gasteiger partial charge on any atom is -0.549 e. The van der Waals surface area contributed by atoms with E-state index in [2.05, 4.69) is 0 Å². The number of aliphatic carboxylic acids is 4. The van der Waals surface area contributed by atoms with Gasteiger partial charge in [-0.05, 0) is 6.92 Å². The fraction of sp³-hybridized carbons (Fsp3) is 0.412. The van der Waals surface area contributed by atoms with Crippen LogP contribution in [0.5, 0.6) is 5.75 Å². The number of aryl methyl sites for hydroxylation is 1. The molecule has 0 aliphatic carbocycles. The van der Waals surface area contributed by atoms with Crippen LogP contribution in [0.25, 0.3) is 0 Å². The molecule has 13 heteroatoms. The Labute approximate surface area is 239 Å². The molecule has 0 aromatic heterocycles. The zero-order valence-corrected chi connectivity index (χ0v) is 22.3. The maximum Gasteiger partial charge on any atom is 0.124 e. The van der Waals surface area contributed by atoms with Crippen molar-refractivity contribution in [3.05, 3.63) is 28.8 Å². The minimum atomic E-state index is -1.53. The summed E-state index contributed by atoms with van der Waals surface area (Å²) in [5.74, 6) is -6.45. The predicted molar refractivity (Wildman–Crippen MR) is 83.4 cm³/mol. The molecule has 0 saturated carbocycles. The van der Waals surface area contributed by atoms with E-state index in [1.807, 2.05) is 0 Å². The first-order valence-electron chi connectivity index (χ1n) is 8.03. The molecule has 0 amide bonds. The van der Waals surface area contributed by atoms with Crippen molar-refractivity contribution in [3.8, 4) is 5.75 Å². The summed E-state index contributed by atoms with van der Waals surface area (Å²) in [6, 6.07) is 2.97. The summed E-state index contributed by atoms with van der Waals surface area (Å²) >= 11 is 0. The molecule has 1 aromatic rings. The van der Waals surface area contributed by atoms with Gasteiger partial charge in [-0.25, -0.2) is 0 Å². The van der Waals surface area contributed by atoms with Gasteiger partial charge < -0.3 is 44.7 Å². The molecule has 0 aliphatic heterocycles. The number of carbonyl (C=O) groups excluding carboxylic acids is 4. The number of aromatic hydroxyl groups is 1. The Morgan fingerprint density at radius 1 is 0.733 bits per heavy atom. The van der Waals surface area contributed by atoms with E-state index < -0.39 is 50.1 Å². The molecule has 0 saturated heterocycles. The van der Waals surface area contributed by atoms with E-state index >= 15 is 0 Å². The molecule has 0 bridgehead atoms. The van der Waals surface area contributed by atoms with E-state index in [0.717, 1.165) is 9.80 Å². The Balaban J connectivity index is 0. The second-order valence-electron chi connectivity index (χ2n) is 6.21. The number of nitrogens with zero attached hydrogens (tertiary/aromatic N) is 2. The van der Waals surface area contributed by atoms with Crippen molar-refractivity contribution in [1.82, 2.24) is 9.80 Å². The topological polar surface area (TPSA) is 187 Å². The summed E-state index contributed by atoms with van der Waals surface area (Å²) in [5.41, 5.74) is 0.921. The zero-order valence-electron chi connectivity index (χ0n) is 16.0. The monoisotopic (exact) mass is 674 g/mol. The van der Waals surface area contributed by atoms with Crippen LogP contribution in [0.4, 0.5) is 0 Å². The van der Waals surface area contributed by atoms with E-state index in [0.29, 0.717) is 5.56 Å². The van der Waals surface area contributed by atoms with Gasteiger partial charge in [0.25, 0.3) is 0 Å². The van der Waals surface area contributed by atoms with Crippen molar-refractivity contribution in [3.63, 3.8) is 0 Å². The SMILES string of the molecule is Cc1cc(CN(CC(=O)[O-])CC(=O)[O-])c(O)c(CN(CC(=O)[O-])CC(=O)[O-])c1.[Ce].[Ce]. The van der Waals surface area contributed by atoms with Gasteiger partial charge >= 0.3 is 0 Å². The normalized spacial score (nSPS) is 10.2. The predicted octanol–water partition coefficient (Wildman–Crippen LogP) is -5.70. The number of phenolic OH excluding ortho intramolecular Hbond substituents is 1. The van der Waals surface area contributed by atoms with E-state index in [-0.39, 0.29) is 113 Å². The zero-order chi connectivity index (χ0) is 21.4. The molecule has 1 rings (SSSR count). The number of benzene rings is 1. The van der Waals surface area contributed by atoms with E-state index in [1.165, 1.54) is 12.1 Å². The second-order valence-corrected chi connectivity index (χ2v) is 6.21. The van der Waals surface area contributed by atoms with Crippen LogP contribution in [0, 0.1) is 90.4 Å². The van der Waals surface area contributed by atoms with Crippen LogP contribution in [0.2, 0.25) is 0 Å². The standard InChI is InChI=1S/C17H22N2O9.2Ce/c1-10-2-11(4-18(6-13(20)21)7-14(22)23)17(28)12(3-10)5-19(8-15(24)25)9-16(26)27;;/h2-3,28H,4-9H2,1H3,(H,20,21)(H,22,23)(H,24,25)(H,26,27);;/p-4. The van der Waals surface area contributed by atoms with Crippen LogP contribution in [-0.4, -0.2) is 65.0 Å². The number of hydrogen-bond donors (Lipinski definition) is 1. The van der Waals surface area contributed by atoms with Gasteiger partial charge in [0.1, 0.15) is 5.75 Å². The third kappa shape index (κ3) is 12.4. The van der Waals surface area contributed by atoms with Crippen molar-refractivity contribution >= 4 is 23.9 Å². The number of rotatable bonds is 12. The van der Waals surface area contributed by atoms with Crippen molar-refractivity contribution in [2.24, 2.45) is 0 Å². The number of carbonyl (C=O) groups is 4. The summed E-state index contributed by atoms with van der Waals surface area (Å²) in [7, 11) is 0. The molecular formula is C17H18Ce2N2O9-4. The first-order valence-corrected chi connectivity index (χ1v) is 8.03. The van der Waals surface area contributed by atoms with Crippen molar-refractivity contribution < 1.29 is 128 Å². The van der Waals surface area contributed by atoms with Gasteiger partial charge in [0.2, 0.25) is 0 Å². The third-order valence-corrected chi connectivity index (χ3v) is 3.61. The average Bonchev–Trinajstić information content (AvgIpc) is 2.49. The van der Waals surface area contributed by atoms with Crippen molar-refractivity contribution in [1.29, 1.82) is 0 Å². The maximum absolute atomic E-state index is 10.8. The van der Waals surface area contributed by atoms with E-state index in [1.54, 1.807) is 6.92 Å². The molecule has 0 atom stereocenters. The fourth-order valence-electron chi connectivity index (χ4n) is 2.72. The van der Waals surface area contributed by atoms with Crippen molar-refractivity contribution in [2.45, 2.75) is 20.0 Å². The smallest absolute Gasteiger partial charge is 0.124 e. The molecule has 0 aliphatic rings. The number of carboxylic acid groups (broad SMARTS) is 4. The first-order chi connectivity index (χ1) is 13.0. The maximum atomic E-state index is 10.8. The van der Waals surface area contributed by atoms with Crippen LogP contribution < -0.4 is 20.4 Å². The fourth-order valence-corrected chi connectivity index (χ4v) is 2.72. The molecule has 0 radical (unpaired) electrons. The van der Waals surface area contributed by atoms with Gasteiger partial charge in [-0.3, -0.25) is 9.80 Å². The van der Waals surface area contributed by atoms with Crippen LogP contribution in [0.1, 0.15) is 16.7 Å². The minimum absolute atomic E-state index is 0. The van der Waals surface area contributed by atoms with Crippen molar-refractivity contribution in [2.75, 3.05) is 26.2 Å². The van der Waals surface area contributed by atoms with Gasteiger partial charge in [0.05, 0.1) is 23.9 Å².